The van der Waals surface area contributed by atoms with Gasteiger partial charge in [0.1, 0.15) is 11.5 Å². The van der Waals surface area contributed by atoms with Crippen molar-refractivity contribution in [3.05, 3.63) is 23.9 Å². The van der Waals surface area contributed by atoms with E-state index < -0.39 is 0 Å². The summed E-state index contributed by atoms with van der Waals surface area (Å²) in [5.41, 5.74) is 0.544. The molecule has 1 saturated heterocycles. The van der Waals surface area contributed by atoms with E-state index in [1.54, 1.807) is 0 Å². The number of rotatable bonds is 4. The quantitative estimate of drug-likeness (QED) is 0.918. The van der Waals surface area contributed by atoms with E-state index in [2.05, 4.69) is 22.2 Å². The van der Waals surface area contributed by atoms with Crippen LogP contribution in [0.5, 0.6) is 0 Å². The van der Waals surface area contributed by atoms with Crippen molar-refractivity contribution in [3.8, 4) is 0 Å². The van der Waals surface area contributed by atoms with Crippen molar-refractivity contribution in [2.75, 3.05) is 32.5 Å². The van der Waals surface area contributed by atoms with Gasteiger partial charge in [-0.1, -0.05) is 6.07 Å². The summed E-state index contributed by atoms with van der Waals surface area (Å²) >= 11 is 0. The van der Waals surface area contributed by atoms with Crippen molar-refractivity contribution in [3.63, 3.8) is 0 Å². The highest BCUT2D eigenvalue weighted by Crippen LogP contribution is 2.24. The fourth-order valence-electron chi connectivity index (χ4n) is 2.80. The maximum absolute atomic E-state index is 12.6. The molecule has 0 unspecified atom stereocenters. The maximum Gasteiger partial charge on any atom is 0.272 e. The van der Waals surface area contributed by atoms with Crippen LogP contribution in [-0.2, 0) is 0 Å². The molecule has 1 saturated carbocycles. The summed E-state index contributed by atoms with van der Waals surface area (Å²) < 4.78 is 0. The molecule has 1 aromatic rings. The van der Waals surface area contributed by atoms with Crippen LogP contribution in [0, 0.1) is 0 Å². The van der Waals surface area contributed by atoms with Gasteiger partial charge in [-0.05, 0) is 58.0 Å². The van der Waals surface area contributed by atoms with E-state index in [1.165, 1.54) is 12.8 Å². The molecule has 1 aromatic heterocycles. The summed E-state index contributed by atoms with van der Waals surface area (Å²) in [6.45, 7) is 2.11. The molecule has 2 heterocycles. The number of amides is 1. The number of hydrogen-bond acceptors (Lipinski definition) is 4. The Morgan fingerprint density at radius 1 is 1.29 bits per heavy atom. The lowest BCUT2D eigenvalue weighted by molar-refractivity contribution is 0.0654. The average Bonchev–Trinajstić information content (AvgIpc) is 3.31. The minimum absolute atomic E-state index is 0.0315. The van der Waals surface area contributed by atoms with Gasteiger partial charge in [-0.3, -0.25) is 4.79 Å². The molecular formula is C16H24N4O. The largest absolute Gasteiger partial charge is 0.367 e. The van der Waals surface area contributed by atoms with Crippen molar-refractivity contribution >= 4 is 11.7 Å². The van der Waals surface area contributed by atoms with Crippen LogP contribution in [0.3, 0.4) is 0 Å². The number of pyridine rings is 1. The number of piperidine rings is 1. The molecule has 2 aliphatic rings. The summed E-state index contributed by atoms with van der Waals surface area (Å²) in [5.74, 6) is 0.851. The lowest BCUT2D eigenvalue weighted by atomic mass is 10.0. The van der Waals surface area contributed by atoms with Gasteiger partial charge >= 0.3 is 0 Å². The van der Waals surface area contributed by atoms with E-state index in [1.807, 2.05) is 30.1 Å². The first-order chi connectivity index (χ1) is 10.1. The molecule has 0 aromatic carbocycles. The first-order valence-electron chi connectivity index (χ1n) is 7.83. The SMILES string of the molecule is CN1CCC(N(C)C(=O)c2cccc(NC3CC3)n2)CC1. The van der Waals surface area contributed by atoms with E-state index in [0.29, 0.717) is 17.8 Å². The van der Waals surface area contributed by atoms with Crippen LogP contribution in [-0.4, -0.2) is 60.0 Å². The third kappa shape index (κ3) is 3.53. The third-order valence-corrected chi connectivity index (χ3v) is 4.45. The first-order valence-corrected chi connectivity index (χ1v) is 7.83. The molecule has 1 aliphatic carbocycles. The monoisotopic (exact) mass is 288 g/mol. The molecule has 1 N–H and O–H groups in total. The highest BCUT2D eigenvalue weighted by molar-refractivity contribution is 5.92. The van der Waals surface area contributed by atoms with Crippen molar-refractivity contribution in [2.45, 2.75) is 37.8 Å². The number of nitrogens with zero attached hydrogens (tertiary/aromatic N) is 3. The second kappa shape index (κ2) is 6.02. The molecule has 5 heteroatoms. The number of carbonyl (C=O) groups is 1. The molecule has 1 aliphatic heterocycles. The second-order valence-corrected chi connectivity index (χ2v) is 6.28. The van der Waals surface area contributed by atoms with Crippen molar-refractivity contribution in [1.29, 1.82) is 0 Å². The maximum atomic E-state index is 12.6. The van der Waals surface area contributed by atoms with Crippen LogP contribution in [0.15, 0.2) is 18.2 Å². The Bertz CT molecular complexity index is 507. The number of nitrogens with one attached hydrogen (secondary N) is 1. The molecular weight excluding hydrogens is 264 g/mol. The Morgan fingerprint density at radius 2 is 2.00 bits per heavy atom. The fourth-order valence-corrected chi connectivity index (χ4v) is 2.80. The van der Waals surface area contributed by atoms with Gasteiger partial charge in [-0.15, -0.1) is 0 Å². The lowest BCUT2D eigenvalue weighted by Crippen LogP contribution is -2.44. The summed E-state index contributed by atoms with van der Waals surface area (Å²) in [6.07, 6.45) is 4.49. The van der Waals surface area contributed by atoms with E-state index in [-0.39, 0.29) is 5.91 Å². The number of hydrogen-bond donors (Lipinski definition) is 1. The molecule has 0 radical (unpaired) electrons. The van der Waals surface area contributed by atoms with E-state index in [0.717, 1.165) is 31.7 Å². The summed E-state index contributed by atoms with van der Waals surface area (Å²) in [4.78, 5) is 21.3. The Kier molecular flexibility index (Phi) is 4.10. The van der Waals surface area contributed by atoms with Crippen LogP contribution < -0.4 is 5.32 Å². The van der Waals surface area contributed by atoms with Crippen LogP contribution in [0.1, 0.15) is 36.2 Å². The zero-order valence-corrected chi connectivity index (χ0v) is 12.9. The number of carbonyl (C=O) groups excluding carboxylic acids is 1. The van der Waals surface area contributed by atoms with Gasteiger partial charge in [0.25, 0.3) is 5.91 Å². The lowest BCUT2D eigenvalue weighted by Gasteiger charge is -2.35. The Hall–Kier alpha value is -1.62. The minimum Gasteiger partial charge on any atom is -0.367 e. The van der Waals surface area contributed by atoms with E-state index in [4.69, 9.17) is 0 Å². The standard InChI is InChI=1S/C16H24N4O/c1-19-10-8-13(9-11-19)20(2)16(21)14-4-3-5-15(18-14)17-12-6-7-12/h3-5,12-13H,6-11H2,1-2H3,(H,17,18). The topological polar surface area (TPSA) is 48.5 Å². The predicted octanol–water partition coefficient (Wildman–Crippen LogP) is 1.82. The normalized spacial score (nSPS) is 20.3. The average molecular weight is 288 g/mol. The molecule has 2 fully saturated rings. The van der Waals surface area contributed by atoms with Crippen LogP contribution >= 0.6 is 0 Å². The number of aromatic nitrogens is 1. The number of likely N-dealkylation sites (tertiary alicyclic amines) is 1. The molecule has 0 bridgehead atoms. The highest BCUT2D eigenvalue weighted by Gasteiger charge is 2.26. The van der Waals surface area contributed by atoms with Gasteiger partial charge in [0.2, 0.25) is 0 Å². The molecule has 1 amide bonds. The molecule has 114 valence electrons. The van der Waals surface area contributed by atoms with Gasteiger partial charge < -0.3 is 15.1 Å². The van der Waals surface area contributed by atoms with Crippen LogP contribution in [0.25, 0.3) is 0 Å². The van der Waals surface area contributed by atoms with E-state index in [9.17, 15) is 4.79 Å². The third-order valence-electron chi connectivity index (χ3n) is 4.45. The molecule has 0 spiro atoms. The van der Waals surface area contributed by atoms with Gasteiger partial charge in [-0.2, -0.15) is 0 Å². The Balaban J connectivity index is 1.65. The molecule has 3 rings (SSSR count). The van der Waals surface area contributed by atoms with Crippen molar-refractivity contribution in [2.24, 2.45) is 0 Å². The van der Waals surface area contributed by atoms with Crippen LogP contribution in [0.2, 0.25) is 0 Å². The van der Waals surface area contributed by atoms with Gasteiger partial charge in [0, 0.05) is 19.1 Å². The molecule has 5 nitrogen and oxygen atoms in total. The zero-order chi connectivity index (χ0) is 14.8. The highest BCUT2D eigenvalue weighted by atomic mass is 16.2. The summed E-state index contributed by atoms with van der Waals surface area (Å²) in [7, 11) is 4.04. The van der Waals surface area contributed by atoms with Crippen molar-refractivity contribution in [1.82, 2.24) is 14.8 Å². The Morgan fingerprint density at radius 3 is 2.67 bits per heavy atom. The van der Waals surface area contributed by atoms with Gasteiger partial charge in [0.15, 0.2) is 0 Å². The minimum atomic E-state index is 0.0315. The number of anilines is 1. The predicted molar refractivity (Wildman–Crippen MR) is 83.5 cm³/mol. The molecule has 21 heavy (non-hydrogen) atoms. The van der Waals surface area contributed by atoms with Gasteiger partial charge in [0.05, 0.1) is 0 Å². The van der Waals surface area contributed by atoms with Crippen molar-refractivity contribution < 1.29 is 4.79 Å². The second-order valence-electron chi connectivity index (χ2n) is 6.28. The summed E-state index contributed by atoms with van der Waals surface area (Å²) in [6, 6.07) is 6.54. The fraction of sp³-hybridized carbons (Fsp3) is 0.625. The van der Waals surface area contributed by atoms with Crippen LogP contribution in [0.4, 0.5) is 5.82 Å². The first kappa shape index (κ1) is 14.3. The van der Waals surface area contributed by atoms with E-state index >= 15 is 0 Å². The Labute approximate surface area is 126 Å². The summed E-state index contributed by atoms with van der Waals surface area (Å²) in [5, 5.41) is 3.35. The van der Waals surface area contributed by atoms with Gasteiger partial charge in [-0.25, -0.2) is 4.98 Å². The smallest absolute Gasteiger partial charge is 0.272 e. The molecule has 0 atom stereocenters. The zero-order valence-electron chi connectivity index (χ0n) is 12.9.